The Labute approximate surface area is 131 Å². The summed E-state index contributed by atoms with van der Waals surface area (Å²) in [6.07, 6.45) is 11.7. The molecular weight excluding hydrogens is 274 g/mol. The first-order chi connectivity index (χ1) is 10.6. The highest BCUT2D eigenvalue weighted by atomic mass is 15.3. The lowest BCUT2D eigenvalue weighted by molar-refractivity contribution is 0.660. The molecule has 0 saturated carbocycles. The Bertz CT molecular complexity index is 715. The van der Waals surface area contributed by atoms with Crippen LogP contribution in [0.2, 0.25) is 0 Å². The van der Waals surface area contributed by atoms with E-state index in [0.29, 0.717) is 12.4 Å². The topological polar surface area (TPSA) is 61.7 Å². The Balaban J connectivity index is 2.26. The van der Waals surface area contributed by atoms with E-state index >= 15 is 0 Å². The Hall–Kier alpha value is -2.56. The van der Waals surface area contributed by atoms with Gasteiger partial charge >= 0.3 is 0 Å². The van der Waals surface area contributed by atoms with Gasteiger partial charge in [-0.15, -0.1) is 0 Å². The van der Waals surface area contributed by atoms with Gasteiger partial charge in [0.1, 0.15) is 5.82 Å². The number of rotatable bonds is 6. The number of aryl methyl sites for hydroxylation is 2. The minimum atomic E-state index is 0.600. The highest BCUT2D eigenvalue weighted by molar-refractivity contribution is 5.74. The molecule has 0 bridgehead atoms. The minimum absolute atomic E-state index is 0.600. The van der Waals surface area contributed by atoms with E-state index in [1.807, 2.05) is 37.0 Å². The Morgan fingerprint density at radius 2 is 2.14 bits per heavy atom. The van der Waals surface area contributed by atoms with Crippen LogP contribution in [-0.4, -0.2) is 19.6 Å². The Morgan fingerprint density at radius 1 is 1.36 bits per heavy atom. The lowest BCUT2D eigenvalue weighted by Gasteiger charge is -2.07. The number of nitrogens with zero attached hydrogens (tertiary/aromatic N) is 4. The minimum Gasteiger partial charge on any atom is -0.384 e. The van der Waals surface area contributed by atoms with Crippen LogP contribution in [0.1, 0.15) is 25.0 Å². The number of nitrogens with two attached hydrogens (primary N) is 1. The third-order valence-electron chi connectivity index (χ3n) is 3.61. The average molecular weight is 297 g/mol. The number of nitrogen functional groups attached to an aromatic ring is 1. The average Bonchev–Trinajstić information content (AvgIpc) is 3.13. The van der Waals surface area contributed by atoms with Crippen molar-refractivity contribution in [1.82, 2.24) is 19.6 Å². The maximum atomic E-state index is 6.01. The van der Waals surface area contributed by atoms with Gasteiger partial charge in [-0.25, -0.2) is 4.68 Å². The lowest BCUT2D eigenvalue weighted by Crippen LogP contribution is -2.06. The Kier molecular flexibility index (Phi) is 4.99. The molecule has 2 aromatic rings. The maximum Gasteiger partial charge on any atom is 0.124 e. The van der Waals surface area contributed by atoms with Crippen molar-refractivity contribution in [2.45, 2.75) is 33.9 Å². The summed E-state index contributed by atoms with van der Waals surface area (Å²) in [5, 5.41) is 8.61. The molecule has 0 aliphatic rings. The van der Waals surface area contributed by atoms with E-state index in [9.17, 15) is 0 Å². The quantitative estimate of drug-likeness (QED) is 0.833. The zero-order chi connectivity index (χ0) is 16.1. The zero-order valence-corrected chi connectivity index (χ0v) is 13.5. The molecule has 2 N–H and O–H groups in total. The number of aromatic nitrogens is 4. The van der Waals surface area contributed by atoms with Gasteiger partial charge in [-0.1, -0.05) is 18.7 Å². The van der Waals surface area contributed by atoms with E-state index in [0.717, 1.165) is 28.8 Å². The van der Waals surface area contributed by atoms with Crippen LogP contribution in [-0.2, 0) is 13.1 Å². The third-order valence-corrected chi connectivity index (χ3v) is 3.61. The van der Waals surface area contributed by atoms with Crippen LogP contribution in [0.4, 0.5) is 5.82 Å². The summed E-state index contributed by atoms with van der Waals surface area (Å²) in [5.74, 6) is 0.689. The lowest BCUT2D eigenvalue weighted by atomic mass is 10.1. The summed E-state index contributed by atoms with van der Waals surface area (Å²) in [4.78, 5) is 0. The van der Waals surface area contributed by atoms with Crippen molar-refractivity contribution in [3.8, 4) is 0 Å². The van der Waals surface area contributed by atoms with Gasteiger partial charge in [-0.2, -0.15) is 10.2 Å². The Morgan fingerprint density at radius 3 is 2.64 bits per heavy atom. The summed E-state index contributed by atoms with van der Waals surface area (Å²) in [7, 11) is 0. The van der Waals surface area contributed by atoms with Crippen molar-refractivity contribution in [3.63, 3.8) is 0 Å². The SMILES string of the molecule is C=CC(=CC(=CC)c1cnn(CC)c1)Cn1ncc(C)c1N. The molecule has 0 atom stereocenters. The van der Waals surface area contributed by atoms with Crippen molar-refractivity contribution < 1.29 is 0 Å². The van der Waals surface area contributed by atoms with Crippen LogP contribution in [0.25, 0.3) is 5.57 Å². The van der Waals surface area contributed by atoms with E-state index < -0.39 is 0 Å². The van der Waals surface area contributed by atoms with E-state index in [4.69, 9.17) is 5.73 Å². The molecule has 0 unspecified atom stereocenters. The highest BCUT2D eigenvalue weighted by Gasteiger charge is 2.06. The van der Waals surface area contributed by atoms with Gasteiger partial charge in [0.15, 0.2) is 0 Å². The fraction of sp³-hybridized carbons (Fsp3) is 0.294. The highest BCUT2D eigenvalue weighted by Crippen LogP contribution is 2.19. The van der Waals surface area contributed by atoms with Crippen molar-refractivity contribution in [1.29, 1.82) is 0 Å². The molecule has 5 nitrogen and oxygen atoms in total. The molecule has 0 saturated heterocycles. The molecule has 2 heterocycles. The molecule has 22 heavy (non-hydrogen) atoms. The van der Waals surface area contributed by atoms with Crippen molar-refractivity contribution in [2.24, 2.45) is 0 Å². The van der Waals surface area contributed by atoms with Gasteiger partial charge < -0.3 is 5.73 Å². The molecule has 0 radical (unpaired) electrons. The number of allylic oxidation sites excluding steroid dienone is 5. The molecule has 0 aliphatic heterocycles. The summed E-state index contributed by atoms with van der Waals surface area (Å²) < 4.78 is 3.70. The first-order valence-corrected chi connectivity index (χ1v) is 7.39. The van der Waals surface area contributed by atoms with Gasteiger partial charge in [-0.3, -0.25) is 4.68 Å². The zero-order valence-electron chi connectivity index (χ0n) is 13.5. The first kappa shape index (κ1) is 15.8. The van der Waals surface area contributed by atoms with E-state index in [2.05, 4.69) is 35.9 Å². The molecular formula is C17H23N5. The monoisotopic (exact) mass is 297 g/mol. The molecule has 0 aromatic carbocycles. The third kappa shape index (κ3) is 3.36. The molecule has 5 heteroatoms. The fourth-order valence-corrected chi connectivity index (χ4v) is 2.17. The molecule has 116 valence electrons. The fourth-order valence-electron chi connectivity index (χ4n) is 2.17. The van der Waals surface area contributed by atoms with E-state index in [1.165, 1.54) is 0 Å². The van der Waals surface area contributed by atoms with Gasteiger partial charge in [0.2, 0.25) is 0 Å². The summed E-state index contributed by atoms with van der Waals surface area (Å²) >= 11 is 0. The van der Waals surface area contributed by atoms with Crippen molar-refractivity contribution in [2.75, 3.05) is 5.73 Å². The molecule has 2 rings (SSSR count). The van der Waals surface area contributed by atoms with E-state index in [1.54, 1.807) is 10.9 Å². The van der Waals surface area contributed by atoms with Crippen molar-refractivity contribution in [3.05, 3.63) is 60.1 Å². The molecule has 0 amide bonds. The van der Waals surface area contributed by atoms with Crippen LogP contribution in [0.15, 0.2) is 49.0 Å². The standard InChI is InChI=1S/C17H23N5/c1-5-14(11-22-17(18)13(4)9-20-22)8-15(6-2)16-10-19-21(7-3)12-16/h5-6,8-10,12H,1,7,11,18H2,2-4H3. The van der Waals surface area contributed by atoms with Crippen LogP contribution in [0.5, 0.6) is 0 Å². The second-order valence-electron chi connectivity index (χ2n) is 5.12. The largest absolute Gasteiger partial charge is 0.384 e. The summed E-state index contributed by atoms with van der Waals surface area (Å²) in [6.45, 7) is 11.4. The maximum absolute atomic E-state index is 6.01. The molecule has 0 fully saturated rings. The second-order valence-corrected chi connectivity index (χ2v) is 5.12. The van der Waals surface area contributed by atoms with Crippen molar-refractivity contribution >= 4 is 11.4 Å². The van der Waals surface area contributed by atoms with Gasteiger partial charge in [0.25, 0.3) is 0 Å². The molecule has 0 spiro atoms. The van der Waals surface area contributed by atoms with Crippen LogP contribution >= 0.6 is 0 Å². The smallest absolute Gasteiger partial charge is 0.124 e. The van der Waals surface area contributed by atoms with Gasteiger partial charge in [-0.05, 0) is 38.0 Å². The van der Waals surface area contributed by atoms with Gasteiger partial charge in [0.05, 0.1) is 18.9 Å². The van der Waals surface area contributed by atoms with Gasteiger partial charge in [0, 0.05) is 23.9 Å². The number of hydrogen-bond donors (Lipinski definition) is 1. The number of anilines is 1. The normalized spacial score (nSPS) is 12.7. The van der Waals surface area contributed by atoms with Crippen LogP contribution < -0.4 is 5.73 Å². The summed E-state index contributed by atoms with van der Waals surface area (Å²) in [5.41, 5.74) is 10.2. The molecule has 2 aromatic heterocycles. The first-order valence-electron chi connectivity index (χ1n) is 7.39. The van der Waals surface area contributed by atoms with Crippen LogP contribution in [0.3, 0.4) is 0 Å². The van der Waals surface area contributed by atoms with Crippen LogP contribution in [0, 0.1) is 6.92 Å². The summed E-state index contributed by atoms with van der Waals surface area (Å²) in [6, 6.07) is 0. The molecule has 0 aliphatic carbocycles. The predicted octanol–water partition coefficient (Wildman–Crippen LogP) is 3.21. The predicted molar refractivity (Wildman–Crippen MR) is 91.2 cm³/mol. The van der Waals surface area contributed by atoms with E-state index in [-0.39, 0.29) is 0 Å². The second kappa shape index (κ2) is 6.93. The number of hydrogen-bond acceptors (Lipinski definition) is 3.